The maximum atomic E-state index is 11.6. The van der Waals surface area contributed by atoms with Gasteiger partial charge in [-0.2, -0.15) is 5.10 Å². The van der Waals surface area contributed by atoms with Crippen LogP contribution in [0.1, 0.15) is 40.7 Å². The number of amides is 1. The maximum absolute atomic E-state index is 11.6. The second kappa shape index (κ2) is 10.4. The van der Waals surface area contributed by atoms with Crippen LogP contribution >= 0.6 is 24.0 Å². The van der Waals surface area contributed by atoms with Gasteiger partial charge >= 0.3 is 0 Å². The van der Waals surface area contributed by atoms with Crippen LogP contribution in [0.4, 0.5) is 0 Å². The molecule has 0 aliphatic carbocycles. The molecule has 1 aromatic heterocycles. The quantitative estimate of drug-likeness (QED) is 0.379. The molecule has 7 nitrogen and oxygen atoms in total. The molecule has 1 aromatic carbocycles. The number of aryl methyl sites for hydroxylation is 1. The van der Waals surface area contributed by atoms with Gasteiger partial charge < -0.3 is 15.5 Å². The van der Waals surface area contributed by atoms with Gasteiger partial charge in [0.25, 0.3) is 5.91 Å². The minimum Gasteiger partial charge on any atom is -0.357 e. The molecule has 0 radical (unpaired) electrons. The molecule has 3 rings (SSSR count). The van der Waals surface area contributed by atoms with Crippen LogP contribution in [0.15, 0.2) is 41.7 Å². The Labute approximate surface area is 183 Å². The standard InChI is InChI=1S/C20H28N6O.HI/c1-4-22-20(23-11-15-5-7-16(8-6-15)19(27)21-2)26-10-9-17(14-26)18-12-24-25(3)13-18;/h5-8,12-13,17H,4,9-11,14H2,1-3H3,(H,21,27)(H,22,23);1H. The molecule has 2 aromatic rings. The number of halogens is 1. The zero-order valence-electron chi connectivity index (χ0n) is 16.7. The highest BCUT2D eigenvalue weighted by Crippen LogP contribution is 2.26. The lowest BCUT2D eigenvalue weighted by molar-refractivity contribution is 0.0963. The molecular formula is C20H29IN6O. The van der Waals surface area contributed by atoms with Crippen LogP contribution in [0, 0.1) is 0 Å². The summed E-state index contributed by atoms with van der Waals surface area (Å²) in [5, 5.41) is 10.3. The zero-order valence-corrected chi connectivity index (χ0v) is 19.0. The first-order valence-corrected chi connectivity index (χ1v) is 9.43. The number of nitrogens with zero attached hydrogens (tertiary/aromatic N) is 4. The third kappa shape index (κ3) is 5.46. The molecular weight excluding hydrogens is 467 g/mol. The van der Waals surface area contributed by atoms with Gasteiger partial charge in [0.2, 0.25) is 0 Å². The summed E-state index contributed by atoms with van der Waals surface area (Å²) >= 11 is 0. The Morgan fingerprint density at radius 2 is 2.07 bits per heavy atom. The number of nitrogens with one attached hydrogen (secondary N) is 2. The molecule has 0 saturated carbocycles. The SMILES string of the molecule is CCNC(=NCc1ccc(C(=O)NC)cc1)N1CCC(c2cnn(C)c2)C1.I. The minimum atomic E-state index is -0.0723. The van der Waals surface area contributed by atoms with Crippen LogP contribution < -0.4 is 10.6 Å². The molecule has 1 amide bonds. The van der Waals surface area contributed by atoms with Crippen molar-refractivity contribution < 1.29 is 4.79 Å². The van der Waals surface area contributed by atoms with E-state index in [-0.39, 0.29) is 29.9 Å². The molecule has 2 heterocycles. The zero-order chi connectivity index (χ0) is 19.2. The molecule has 1 fully saturated rings. The second-order valence-electron chi connectivity index (χ2n) is 6.83. The van der Waals surface area contributed by atoms with Gasteiger partial charge in [-0.1, -0.05) is 12.1 Å². The monoisotopic (exact) mass is 496 g/mol. The molecule has 1 atom stereocenters. The number of guanidine groups is 1. The van der Waals surface area contributed by atoms with Crippen LogP contribution in [0.5, 0.6) is 0 Å². The molecule has 8 heteroatoms. The Hall–Kier alpha value is -2.10. The highest BCUT2D eigenvalue weighted by atomic mass is 127. The van der Waals surface area contributed by atoms with Gasteiger partial charge in [-0.25, -0.2) is 4.99 Å². The third-order valence-electron chi connectivity index (χ3n) is 4.87. The second-order valence-corrected chi connectivity index (χ2v) is 6.83. The van der Waals surface area contributed by atoms with Crippen molar-refractivity contribution in [2.75, 3.05) is 26.7 Å². The average Bonchev–Trinajstić information content (AvgIpc) is 3.34. The summed E-state index contributed by atoms with van der Waals surface area (Å²) in [6.45, 7) is 5.45. The number of rotatable bonds is 5. The van der Waals surface area contributed by atoms with E-state index in [2.05, 4.69) is 33.8 Å². The summed E-state index contributed by atoms with van der Waals surface area (Å²) in [4.78, 5) is 18.8. The predicted molar refractivity (Wildman–Crippen MR) is 122 cm³/mol. The van der Waals surface area contributed by atoms with Crippen LogP contribution in [-0.4, -0.2) is 53.2 Å². The van der Waals surface area contributed by atoms with E-state index in [1.807, 2.05) is 42.2 Å². The largest absolute Gasteiger partial charge is 0.357 e. The third-order valence-corrected chi connectivity index (χ3v) is 4.87. The van der Waals surface area contributed by atoms with Crippen LogP contribution in [-0.2, 0) is 13.6 Å². The number of aromatic nitrogens is 2. The molecule has 1 aliphatic heterocycles. The van der Waals surface area contributed by atoms with Gasteiger partial charge in [0.15, 0.2) is 5.96 Å². The lowest BCUT2D eigenvalue weighted by Crippen LogP contribution is -2.40. The summed E-state index contributed by atoms with van der Waals surface area (Å²) in [5.74, 6) is 1.37. The van der Waals surface area contributed by atoms with E-state index in [0.29, 0.717) is 18.0 Å². The number of carbonyl (C=O) groups is 1. The molecule has 1 unspecified atom stereocenters. The molecule has 0 bridgehead atoms. The first kappa shape index (κ1) is 22.2. The van der Waals surface area contributed by atoms with Crippen molar-refractivity contribution in [1.82, 2.24) is 25.3 Å². The van der Waals surface area contributed by atoms with E-state index < -0.39 is 0 Å². The number of carbonyl (C=O) groups excluding carboxylic acids is 1. The summed E-state index contributed by atoms with van der Waals surface area (Å²) in [7, 11) is 3.59. The van der Waals surface area contributed by atoms with Crippen LogP contribution in [0.2, 0.25) is 0 Å². The van der Waals surface area contributed by atoms with Crippen LogP contribution in [0.25, 0.3) is 0 Å². The van der Waals surface area contributed by atoms with Crippen molar-refractivity contribution in [2.24, 2.45) is 12.0 Å². The fourth-order valence-electron chi connectivity index (χ4n) is 3.37. The molecule has 28 heavy (non-hydrogen) atoms. The van der Waals surface area contributed by atoms with Crippen molar-refractivity contribution in [3.63, 3.8) is 0 Å². The number of hydrogen-bond donors (Lipinski definition) is 2. The van der Waals surface area contributed by atoms with Crippen LogP contribution in [0.3, 0.4) is 0 Å². The Morgan fingerprint density at radius 3 is 2.68 bits per heavy atom. The van der Waals surface area contributed by atoms with E-state index in [0.717, 1.165) is 37.6 Å². The predicted octanol–water partition coefficient (Wildman–Crippen LogP) is 2.35. The average molecular weight is 496 g/mol. The van der Waals surface area contributed by atoms with E-state index in [1.54, 1.807) is 7.05 Å². The minimum absolute atomic E-state index is 0. The summed E-state index contributed by atoms with van der Waals surface area (Å²) < 4.78 is 1.86. The highest BCUT2D eigenvalue weighted by Gasteiger charge is 2.26. The Balaban J connectivity index is 0.00000280. The van der Waals surface area contributed by atoms with Gasteiger partial charge in [0, 0.05) is 51.4 Å². The van der Waals surface area contributed by atoms with Crippen molar-refractivity contribution >= 4 is 35.8 Å². The number of benzene rings is 1. The Bertz CT molecular complexity index is 801. The number of hydrogen-bond acceptors (Lipinski definition) is 3. The van der Waals surface area contributed by atoms with Crippen molar-refractivity contribution in [1.29, 1.82) is 0 Å². The lowest BCUT2D eigenvalue weighted by Gasteiger charge is -2.21. The maximum Gasteiger partial charge on any atom is 0.251 e. The molecule has 0 spiro atoms. The Morgan fingerprint density at radius 1 is 1.32 bits per heavy atom. The molecule has 1 aliphatic rings. The van der Waals surface area contributed by atoms with Gasteiger partial charge in [-0.05, 0) is 36.6 Å². The summed E-state index contributed by atoms with van der Waals surface area (Å²) in [5.41, 5.74) is 3.04. The van der Waals surface area contributed by atoms with E-state index in [1.165, 1.54) is 5.56 Å². The number of likely N-dealkylation sites (tertiary alicyclic amines) is 1. The fourth-order valence-corrected chi connectivity index (χ4v) is 3.37. The highest BCUT2D eigenvalue weighted by molar-refractivity contribution is 14.0. The van der Waals surface area contributed by atoms with Crippen molar-refractivity contribution in [3.8, 4) is 0 Å². The van der Waals surface area contributed by atoms with Gasteiger partial charge in [-0.15, -0.1) is 24.0 Å². The summed E-state index contributed by atoms with van der Waals surface area (Å²) in [6, 6.07) is 7.59. The van der Waals surface area contributed by atoms with Gasteiger partial charge in [0.05, 0.1) is 12.7 Å². The first-order chi connectivity index (χ1) is 13.1. The molecule has 2 N–H and O–H groups in total. The van der Waals surface area contributed by atoms with Gasteiger partial charge in [-0.3, -0.25) is 9.48 Å². The van der Waals surface area contributed by atoms with Crippen molar-refractivity contribution in [2.45, 2.75) is 25.8 Å². The Kier molecular flexibility index (Phi) is 8.28. The molecule has 1 saturated heterocycles. The lowest BCUT2D eigenvalue weighted by atomic mass is 10.0. The van der Waals surface area contributed by atoms with E-state index in [9.17, 15) is 4.79 Å². The first-order valence-electron chi connectivity index (χ1n) is 9.43. The van der Waals surface area contributed by atoms with E-state index >= 15 is 0 Å². The smallest absolute Gasteiger partial charge is 0.251 e. The molecule has 152 valence electrons. The topological polar surface area (TPSA) is 74.6 Å². The number of aliphatic imine (C=N–C) groups is 1. The van der Waals surface area contributed by atoms with Crippen molar-refractivity contribution in [3.05, 3.63) is 53.3 Å². The normalized spacial score (nSPS) is 16.6. The fraction of sp³-hybridized carbons (Fsp3) is 0.450. The van der Waals surface area contributed by atoms with E-state index in [4.69, 9.17) is 4.99 Å². The van der Waals surface area contributed by atoms with Gasteiger partial charge in [0.1, 0.15) is 0 Å². The summed E-state index contributed by atoms with van der Waals surface area (Å²) in [6.07, 6.45) is 5.18.